The van der Waals surface area contributed by atoms with Crippen molar-refractivity contribution >= 4 is 5.91 Å². The molecule has 0 aromatic heterocycles. The second kappa shape index (κ2) is 7.50. The van der Waals surface area contributed by atoms with Crippen molar-refractivity contribution in [2.45, 2.75) is 13.3 Å². The zero-order valence-corrected chi connectivity index (χ0v) is 13.2. The average molecular weight is 299 g/mol. The minimum atomic E-state index is -0.0760. The minimum Gasteiger partial charge on any atom is -0.497 e. The number of hydrogen-bond acceptors (Lipinski definition) is 3. The molecule has 4 nitrogen and oxygen atoms in total. The molecule has 0 unspecified atom stereocenters. The Morgan fingerprint density at radius 3 is 2.36 bits per heavy atom. The molecule has 22 heavy (non-hydrogen) atoms. The van der Waals surface area contributed by atoms with Gasteiger partial charge in [-0.2, -0.15) is 0 Å². The highest BCUT2D eigenvalue weighted by Gasteiger charge is 2.05. The zero-order chi connectivity index (χ0) is 15.9. The second-order valence-electron chi connectivity index (χ2n) is 5.04. The van der Waals surface area contributed by atoms with Crippen molar-refractivity contribution in [3.8, 4) is 11.5 Å². The van der Waals surface area contributed by atoms with Gasteiger partial charge in [-0.25, -0.2) is 0 Å². The Morgan fingerprint density at radius 1 is 1.05 bits per heavy atom. The number of ether oxygens (including phenoxy) is 2. The van der Waals surface area contributed by atoms with Gasteiger partial charge in [0.2, 0.25) is 0 Å². The van der Waals surface area contributed by atoms with Crippen molar-refractivity contribution < 1.29 is 14.3 Å². The van der Waals surface area contributed by atoms with Crippen molar-refractivity contribution in [3.05, 3.63) is 59.2 Å². The molecule has 2 aromatic rings. The van der Waals surface area contributed by atoms with Gasteiger partial charge in [0, 0.05) is 12.1 Å². The predicted molar refractivity (Wildman–Crippen MR) is 86.8 cm³/mol. The first kappa shape index (κ1) is 15.9. The topological polar surface area (TPSA) is 47.6 Å². The highest BCUT2D eigenvalue weighted by Crippen LogP contribution is 2.18. The lowest BCUT2D eigenvalue weighted by Crippen LogP contribution is -2.25. The summed E-state index contributed by atoms with van der Waals surface area (Å²) in [6, 6.07) is 13.1. The maximum absolute atomic E-state index is 12.0. The smallest absolute Gasteiger partial charge is 0.251 e. The van der Waals surface area contributed by atoms with Gasteiger partial charge < -0.3 is 14.8 Å². The molecule has 0 spiro atoms. The Kier molecular flexibility index (Phi) is 5.42. The maximum Gasteiger partial charge on any atom is 0.251 e. The van der Waals surface area contributed by atoms with E-state index in [1.807, 2.05) is 19.1 Å². The van der Waals surface area contributed by atoms with Gasteiger partial charge in [0.05, 0.1) is 14.2 Å². The maximum atomic E-state index is 12.0. The number of rotatable bonds is 6. The normalized spacial score (nSPS) is 10.1. The van der Waals surface area contributed by atoms with Crippen LogP contribution < -0.4 is 14.8 Å². The molecule has 0 fully saturated rings. The summed E-state index contributed by atoms with van der Waals surface area (Å²) in [5.41, 5.74) is 2.90. The molecule has 4 heteroatoms. The van der Waals surface area contributed by atoms with Crippen LogP contribution in [0.2, 0.25) is 0 Å². The largest absolute Gasteiger partial charge is 0.497 e. The lowest BCUT2D eigenvalue weighted by atomic mass is 10.1. The first-order valence-electron chi connectivity index (χ1n) is 7.20. The molecule has 0 aliphatic rings. The zero-order valence-electron chi connectivity index (χ0n) is 13.2. The van der Waals surface area contributed by atoms with E-state index < -0.39 is 0 Å². The van der Waals surface area contributed by atoms with Crippen LogP contribution in [0.4, 0.5) is 0 Å². The molecule has 0 saturated carbocycles. The number of benzene rings is 2. The number of hydrogen-bond donors (Lipinski definition) is 1. The monoisotopic (exact) mass is 299 g/mol. The predicted octanol–water partition coefficient (Wildman–Crippen LogP) is 2.98. The number of nitrogens with one attached hydrogen (secondary N) is 1. The van der Waals surface area contributed by atoms with Gasteiger partial charge in [-0.05, 0) is 54.8 Å². The van der Waals surface area contributed by atoms with Crippen molar-refractivity contribution in [3.63, 3.8) is 0 Å². The Balaban J connectivity index is 1.87. The van der Waals surface area contributed by atoms with E-state index in [0.29, 0.717) is 12.1 Å². The molecule has 0 aliphatic carbocycles. The number of aryl methyl sites for hydroxylation is 1. The van der Waals surface area contributed by atoms with Crippen LogP contribution in [-0.2, 0) is 6.42 Å². The number of carbonyl (C=O) groups is 1. The van der Waals surface area contributed by atoms with E-state index in [4.69, 9.17) is 9.47 Å². The van der Waals surface area contributed by atoms with Crippen LogP contribution in [0.5, 0.6) is 11.5 Å². The van der Waals surface area contributed by atoms with Crippen molar-refractivity contribution in [2.24, 2.45) is 0 Å². The van der Waals surface area contributed by atoms with E-state index in [2.05, 4.69) is 11.4 Å². The van der Waals surface area contributed by atoms with Gasteiger partial charge in [-0.1, -0.05) is 12.1 Å². The third kappa shape index (κ3) is 4.01. The van der Waals surface area contributed by atoms with Crippen molar-refractivity contribution in [1.82, 2.24) is 5.32 Å². The first-order chi connectivity index (χ1) is 10.6. The number of amides is 1. The lowest BCUT2D eigenvalue weighted by molar-refractivity contribution is 0.0954. The van der Waals surface area contributed by atoms with Crippen LogP contribution in [0, 0.1) is 6.92 Å². The molecule has 0 radical (unpaired) electrons. The minimum absolute atomic E-state index is 0.0760. The van der Waals surface area contributed by atoms with Crippen LogP contribution >= 0.6 is 0 Å². The number of methoxy groups -OCH3 is 2. The summed E-state index contributed by atoms with van der Waals surface area (Å²) in [5.74, 6) is 1.55. The molecule has 0 heterocycles. The van der Waals surface area contributed by atoms with E-state index in [1.165, 1.54) is 5.56 Å². The fourth-order valence-corrected chi connectivity index (χ4v) is 2.26. The Hall–Kier alpha value is -2.49. The van der Waals surface area contributed by atoms with Crippen LogP contribution in [0.25, 0.3) is 0 Å². The van der Waals surface area contributed by atoms with Crippen LogP contribution in [0.15, 0.2) is 42.5 Å². The van der Waals surface area contributed by atoms with E-state index in [1.54, 1.807) is 38.5 Å². The quantitative estimate of drug-likeness (QED) is 0.892. The molecule has 2 rings (SSSR count). The summed E-state index contributed by atoms with van der Waals surface area (Å²) in [5, 5.41) is 2.92. The fourth-order valence-electron chi connectivity index (χ4n) is 2.26. The average Bonchev–Trinajstić information content (AvgIpc) is 2.55. The Labute approximate surface area is 131 Å². The molecular formula is C18H21NO3. The second-order valence-corrected chi connectivity index (χ2v) is 5.04. The molecule has 116 valence electrons. The Morgan fingerprint density at radius 2 is 1.77 bits per heavy atom. The summed E-state index contributed by atoms with van der Waals surface area (Å²) in [6.07, 6.45) is 0.784. The summed E-state index contributed by atoms with van der Waals surface area (Å²) >= 11 is 0. The SMILES string of the molecule is COc1ccc(C(=O)NCCc2ccc(OC)c(C)c2)cc1. The van der Waals surface area contributed by atoms with Gasteiger partial charge in [0.15, 0.2) is 0 Å². The Bertz CT molecular complexity index is 635. The van der Waals surface area contributed by atoms with Gasteiger partial charge in [-0.15, -0.1) is 0 Å². The van der Waals surface area contributed by atoms with E-state index in [-0.39, 0.29) is 5.91 Å². The molecular weight excluding hydrogens is 278 g/mol. The van der Waals surface area contributed by atoms with Crippen molar-refractivity contribution in [1.29, 1.82) is 0 Å². The van der Waals surface area contributed by atoms with Gasteiger partial charge in [0.25, 0.3) is 5.91 Å². The van der Waals surface area contributed by atoms with Crippen LogP contribution in [-0.4, -0.2) is 26.7 Å². The van der Waals surface area contributed by atoms with Crippen molar-refractivity contribution in [2.75, 3.05) is 20.8 Å². The highest BCUT2D eigenvalue weighted by molar-refractivity contribution is 5.94. The summed E-state index contributed by atoms with van der Waals surface area (Å²) < 4.78 is 10.3. The summed E-state index contributed by atoms with van der Waals surface area (Å²) in [6.45, 7) is 2.61. The fraction of sp³-hybridized carbons (Fsp3) is 0.278. The first-order valence-corrected chi connectivity index (χ1v) is 7.20. The van der Waals surface area contributed by atoms with E-state index >= 15 is 0 Å². The summed E-state index contributed by atoms with van der Waals surface area (Å²) in [7, 11) is 3.27. The molecule has 0 bridgehead atoms. The van der Waals surface area contributed by atoms with Gasteiger partial charge >= 0.3 is 0 Å². The van der Waals surface area contributed by atoms with E-state index in [9.17, 15) is 4.79 Å². The van der Waals surface area contributed by atoms with Gasteiger partial charge in [0.1, 0.15) is 11.5 Å². The summed E-state index contributed by atoms with van der Waals surface area (Å²) in [4.78, 5) is 12.0. The lowest BCUT2D eigenvalue weighted by Gasteiger charge is -2.09. The number of carbonyl (C=O) groups excluding carboxylic acids is 1. The third-order valence-electron chi connectivity index (χ3n) is 3.51. The van der Waals surface area contributed by atoms with Crippen LogP contribution in [0.3, 0.4) is 0 Å². The molecule has 0 aliphatic heterocycles. The standard InChI is InChI=1S/C18H21NO3/c1-13-12-14(4-9-17(13)22-3)10-11-19-18(20)15-5-7-16(21-2)8-6-15/h4-9,12H,10-11H2,1-3H3,(H,19,20). The molecule has 1 amide bonds. The van der Waals surface area contributed by atoms with Crippen LogP contribution in [0.1, 0.15) is 21.5 Å². The molecule has 0 saturated heterocycles. The highest BCUT2D eigenvalue weighted by atomic mass is 16.5. The molecule has 1 N–H and O–H groups in total. The molecule has 0 atom stereocenters. The van der Waals surface area contributed by atoms with E-state index in [0.717, 1.165) is 23.5 Å². The molecule has 2 aromatic carbocycles. The third-order valence-corrected chi connectivity index (χ3v) is 3.51. The van der Waals surface area contributed by atoms with Gasteiger partial charge in [-0.3, -0.25) is 4.79 Å².